The molecule has 0 radical (unpaired) electrons. The van der Waals surface area contributed by atoms with Gasteiger partial charge >= 0.3 is 0 Å². The lowest BCUT2D eigenvalue weighted by Crippen LogP contribution is -2.64. The smallest absolute Gasteiger partial charge is 0.274 e. The number of rotatable bonds is 5. The molecule has 3 fully saturated rings. The second kappa shape index (κ2) is 8.00. The van der Waals surface area contributed by atoms with Gasteiger partial charge in [0.05, 0.1) is 22.1 Å². The summed E-state index contributed by atoms with van der Waals surface area (Å²) in [5, 5.41) is 0.819. The molecule has 2 aliphatic heterocycles. The van der Waals surface area contributed by atoms with E-state index in [-0.39, 0.29) is 23.8 Å². The molecule has 6 nitrogen and oxygen atoms in total. The Labute approximate surface area is 184 Å². The van der Waals surface area contributed by atoms with Crippen molar-refractivity contribution >= 4 is 17.2 Å². The Balaban J connectivity index is 1.43. The molecule has 160 valence electrons. The molecule has 2 aromatic heterocycles. The first-order valence-electron chi connectivity index (χ1n) is 10.5. The molecule has 0 N–H and O–H groups in total. The number of piperidine rings is 2. The van der Waals surface area contributed by atoms with Crippen molar-refractivity contribution in [1.82, 2.24) is 19.9 Å². The van der Waals surface area contributed by atoms with Crippen LogP contribution in [0.15, 0.2) is 42.9 Å². The largest absolute Gasteiger partial charge is 0.491 e. The number of hydrogen-bond donors (Lipinski definition) is 0. The van der Waals surface area contributed by atoms with Crippen LogP contribution in [0.3, 0.4) is 0 Å². The lowest BCUT2D eigenvalue weighted by molar-refractivity contribution is -0.0672. The van der Waals surface area contributed by atoms with Gasteiger partial charge in [0.25, 0.3) is 5.91 Å². The van der Waals surface area contributed by atoms with Crippen molar-refractivity contribution in [3.63, 3.8) is 0 Å². The van der Waals surface area contributed by atoms with E-state index < -0.39 is 0 Å². The maximum absolute atomic E-state index is 13.8. The van der Waals surface area contributed by atoms with Crippen LogP contribution in [0.2, 0.25) is 0 Å². The average molecular weight is 439 g/mol. The van der Waals surface area contributed by atoms with E-state index in [1.807, 2.05) is 11.8 Å². The van der Waals surface area contributed by atoms with Crippen LogP contribution in [0.25, 0.3) is 10.6 Å². The highest BCUT2D eigenvalue weighted by Gasteiger charge is 2.51. The van der Waals surface area contributed by atoms with Gasteiger partial charge in [0, 0.05) is 18.4 Å². The van der Waals surface area contributed by atoms with Crippen LogP contribution in [0, 0.1) is 24.6 Å². The van der Waals surface area contributed by atoms with Gasteiger partial charge in [-0.3, -0.25) is 14.8 Å². The Hall–Kier alpha value is -2.87. The molecule has 31 heavy (non-hydrogen) atoms. The standard InChI is InChI=1S/C23H23FN4O2S/c1-13-15-9-17(10-15)28(20(13)12-30-18-5-3-16(24)4-6-18)23(29)21-22(31-14(2)27-21)19-11-25-7-8-26-19/h3-8,11,13,15,17,20H,9-10,12H2,1-2H3/t13-,15?,17?,20?/m0/s1. The van der Waals surface area contributed by atoms with E-state index in [9.17, 15) is 9.18 Å². The molecule has 4 heterocycles. The molecule has 2 bridgehead atoms. The van der Waals surface area contributed by atoms with Crippen molar-refractivity contribution < 1.29 is 13.9 Å². The second-order valence-electron chi connectivity index (χ2n) is 8.29. The van der Waals surface area contributed by atoms with E-state index in [0.717, 1.165) is 22.7 Å². The third-order valence-electron chi connectivity index (χ3n) is 6.45. The summed E-state index contributed by atoms with van der Waals surface area (Å²) in [6.45, 7) is 4.46. The highest BCUT2D eigenvalue weighted by atomic mass is 32.1. The normalized spacial score (nSPS) is 24.5. The zero-order valence-electron chi connectivity index (χ0n) is 17.4. The fraction of sp³-hybridized carbons (Fsp3) is 0.391. The highest BCUT2D eigenvalue weighted by Crippen LogP contribution is 2.47. The minimum atomic E-state index is -0.299. The number of ether oxygens (including phenoxy) is 1. The lowest BCUT2D eigenvalue weighted by Gasteiger charge is -2.57. The van der Waals surface area contributed by atoms with Crippen LogP contribution >= 0.6 is 11.3 Å². The Morgan fingerprint density at radius 1 is 1.26 bits per heavy atom. The minimum Gasteiger partial charge on any atom is -0.491 e. The van der Waals surface area contributed by atoms with Crippen molar-refractivity contribution in [3.8, 4) is 16.3 Å². The van der Waals surface area contributed by atoms with Crippen molar-refractivity contribution in [1.29, 1.82) is 0 Å². The number of halogens is 1. The van der Waals surface area contributed by atoms with Crippen LogP contribution < -0.4 is 4.74 Å². The molecule has 2 saturated heterocycles. The number of hydrogen-bond acceptors (Lipinski definition) is 6. The van der Waals surface area contributed by atoms with Crippen LogP contribution in [0.4, 0.5) is 4.39 Å². The quantitative estimate of drug-likeness (QED) is 0.592. The Morgan fingerprint density at radius 3 is 2.74 bits per heavy atom. The molecule has 1 amide bonds. The van der Waals surface area contributed by atoms with Gasteiger partial charge in [0.15, 0.2) is 0 Å². The maximum atomic E-state index is 13.8. The van der Waals surface area contributed by atoms with E-state index in [1.165, 1.54) is 23.5 Å². The number of aromatic nitrogens is 3. The first kappa shape index (κ1) is 20.1. The molecule has 0 spiro atoms. The van der Waals surface area contributed by atoms with Gasteiger partial charge in [-0.15, -0.1) is 11.3 Å². The first-order chi connectivity index (χ1) is 15.0. The number of aryl methyl sites for hydroxylation is 1. The SMILES string of the molecule is Cc1nc(C(=O)N2C3CC(C3)[C@H](C)C2COc2ccc(F)cc2)c(-c2cnccn2)s1. The zero-order chi connectivity index (χ0) is 21.5. The monoisotopic (exact) mass is 438 g/mol. The van der Waals surface area contributed by atoms with E-state index in [1.54, 1.807) is 30.7 Å². The van der Waals surface area contributed by atoms with Crippen LogP contribution in [0.1, 0.15) is 35.3 Å². The van der Waals surface area contributed by atoms with E-state index in [2.05, 4.69) is 21.9 Å². The number of amides is 1. The van der Waals surface area contributed by atoms with Gasteiger partial charge in [-0.2, -0.15) is 0 Å². The summed E-state index contributed by atoms with van der Waals surface area (Å²) in [4.78, 5) is 29.6. The second-order valence-corrected chi connectivity index (χ2v) is 9.49. The van der Waals surface area contributed by atoms with Gasteiger partial charge < -0.3 is 9.64 Å². The molecular formula is C23H23FN4O2S. The van der Waals surface area contributed by atoms with Crippen molar-refractivity contribution in [2.45, 2.75) is 38.8 Å². The Kier molecular flexibility index (Phi) is 5.17. The lowest BCUT2D eigenvalue weighted by atomic mass is 9.64. The van der Waals surface area contributed by atoms with Gasteiger partial charge in [-0.25, -0.2) is 9.37 Å². The van der Waals surface area contributed by atoms with Gasteiger partial charge in [0.2, 0.25) is 0 Å². The molecular weight excluding hydrogens is 415 g/mol. The molecule has 1 unspecified atom stereocenters. The van der Waals surface area contributed by atoms with Gasteiger partial charge in [-0.1, -0.05) is 6.92 Å². The number of benzene rings is 1. The molecule has 3 aliphatic rings. The number of carbonyl (C=O) groups is 1. The molecule has 1 aromatic carbocycles. The average Bonchev–Trinajstić information content (AvgIpc) is 3.14. The van der Waals surface area contributed by atoms with E-state index in [4.69, 9.17) is 4.74 Å². The molecule has 3 aromatic rings. The predicted molar refractivity (Wildman–Crippen MR) is 115 cm³/mol. The number of carbonyl (C=O) groups excluding carboxylic acids is 1. The Morgan fingerprint density at radius 2 is 2.03 bits per heavy atom. The number of thiazole rings is 1. The zero-order valence-corrected chi connectivity index (χ0v) is 18.2. The molecule has 1 aliphatic carbocycles. The predicted octanol–water partition coefficient (Wildman–Crippen LogP) is 4.37. The van der Waals surface area contributed by atoms with Crippen molar-refractivity contribution in [2.75, 3.05) is 6.61 Å². The fourth-order valence-electron chi connectivity index (χ4n) is 4.67. The van der Waals surface area contributed by atoms with Gasteiger partial charge in [0.1, 0.15) is 29.6 Å². The first-order valence-corrected chi connectivity index (χ1v) is 11.3. The summed E-state index contributed by atoms with van der Waals surface area (Å²) in [7, 11) is 0. The summed E-state index contributed by atoms with van der Waals surface area (Å²) in [6.07, 6.45) is 6.93. The van der Waals surface area contributed by atoms with E-state index >= 15 is 0 Å². The number of nitrogens with zero attached hydrogens (tertiary/aromatic N) is 4. The molecule has 8 heteroatoms. The van der Waals surface area contributed by atoms with Crippen LogP contribution in [-0.4, -0.2) is 44.4 Å². The minimum absolute atomic E-state index is 0.0632. The van der Waals surface area contributed by atoms with E-state index in [0.29, 0.717) is 35.6 Å². The third-order valence-corrected chi connectivity index (χ3v) is 7.45. The topological polar surface area (TPSA) is 68.2 Å². The number of fused-ring (bicyclic) bond motifs is 2. The molecule has 1 saturated carbocycles. The van der Waals surface area contributed by atoms with Gasteiger partial charge in [-0.05, 0) is 55.9 Å². The summed E-state index contributed by atoms with van der Waals surface area (Å²) in [6, 6.07) is 6.13. The third kappa shape index (κ3) is 3.69. The summed E-state index contributed by atoms with van der Waals surface area (Å²) in [5.74, 6) is 1.14. The Bertz CT molecular complexity index is 1080. The van der Waals surface area contributed by atoms with Crippen LogP contribution in [0.5, 0.6) is 5.75 Å². The summed E-state index contributed by atoms with van der Waals surface area (Å²) >= 11 is 1.46. The summed E-state index contributed by atoms with van der Waals surface area (Å²) < 4.78 is 19.2. The maximum Gasteiger partial charge on any atom is 0.274 e. The fourth-order valence-corrected chi connectivity index (χ4v) is 5.54. The molecule has 6 rings (SSSR count). The van der Waals surface area contributed by atoms with Crippen molar-refractivity contribution in [3.05, 3.63) is 59.4 Å². The van der Waals surface area contributed by atoms with Crippen molar-refractivity contribution in [2.24, 2.45) is 11.8 Å². The summed E-state index contributed by atoms with van der Waals surface area (Å²) in [5.41, 5.74) is 1.10. The highest BCUT2D eigenvalue weighted by molar-refractivity contribution is 7.15. The molecule has 2 atom stereocenters. The van der Waals surface area contributed by atoms with Crippen LogP contribution in [-0.2, 0) is 0 Å².